The standard InChI is InChI=1S/C26H26N2O3/c1-15-10-17(3)23(18(4)11-15)27-8-9-28-24-19(5)12-16(2)13-22(24)31-25(26(27)28)21-7-6-20(14-29)30-21/h6-13,29H,14H2,1-5H3. The summed E-state index contributed by atoms with van der Waals surface area (Å²) in [5.74, 6) is 3.40. The summed E-state index contributed by atoms with van der Waals surface area (Å²) in [5.41, 5.74) is 8.06. The molecule has 0 aliphatic carbocycles. The smallest absolute Gasteiger partial charge is 0.211 e. The monoisotopic (exact) mass is 414 g/mol. The number of aliphatic hydroxyl groups is 1. The van der Waals surface area contributed by atoms with Crippen molar-refractivity contribution in [3.8, 4) is 5.75 Å². The summed E-state index contributed by atoms with van der Waals surface area (Å²) in [4.78, 5) is 4.34. The van der Waals surface area contributed by atoms with Crippen molar-refractivity contribution in [1.82, 2.24) is 0 Å². The van der Waals surface area contributed by atoms with Crippen LogP contribution >= 0.6 is 0 Å². The number of ether oxygens (including phenoxy) is 1. The first-order chi connectivity index (χ1) is 14.9. The topological polar surface area (TPSA) is 49.1 Å². The van der Waals surface area contributed by atoms with E-state index in [9.17, 15) is 5.11 Å². The van der Waals surface area contributed by atoms with Crippen LogP contribution in [0.4, 0.5) is 11.4 Å². The lowest BCUT2D eigenvalue weighted by molar-refractivity contribution is 0.245. The van der Waals surface area contributed by atoms with E-state index in [1.54, 1.807) is 6.07 Å². The maximum absolute atomic E-state index is 9.51. The zero-order chi connectivity index (χ0) is 21.9. The molecule has 0 bridgehead atoms. The predicted molar refractivity (Wildman–Crippen MR) is 123 cm³/mol. The normalized spacial score (nSPS) is 14.8. The Kier molecular flexibility index (Phi) is 4.45. The molecule has 0 atom stereocenters. The van der Waals surface area contributed by atoms with E-state index in [0.717, 1.165) is 34.1 Å². The van der Waals surface area contributed by atoms with Crippen LogP contribution in [0.1, 0.15) is 39.3 Å². The minimum Gasteiger partial charge on any atom is -0.455 e. The molecule has 3 aromatic rings. The molecule has 0 fully saturated rings. The second-order valence-corrected chi connectivity index (χ2v) is 8.39. The molecular weight excluding hydrogens is 388 g/mol. The number of fused-ring (bicyclic) bond motifs is 3. The average Bonchev–Trinajstić information content (AvgIpc) is 3.34. The highest BCUT2D eigenvalue weighted by atomic mass is 16.5. The Hall–Kier alpha value is -3.44. The van der Waals surface area contributed by atoms with Crippen molar-refractivity contribution in [2.45, 2.75) is 41.2 Å². The molecule has 1 N–H and O–H groups in total. The SMILES string of the molecule is Cc1cc(C)c(N2C=CN3C2=C(c2ccc(CO)o2)Oc2cc(C)cc(C)c23)c(C)c1. The van der Waals surface area contributed by atoms with Gasteiger partial charge in [0.2, 0.25) is 5.76 Å². The highest BCUT2D eigenvalue weighted by molar-refractivity contribution is 5.87. The number of aliphatic hydroxyl groups excluding tert-OH is 1. The Bertz CT molecular complexity index is 1240. The summed E-state index contributed by atoms with van der Waals surface area (Å²) in [5, 5.41) is 9.51. The summed E-state index contributed by atoms with van der Waals surface area (Å²) in [6.45, 7) is 10.4. The van der Waals surface area contributed by atoms with E-state index in [1.165, 1.54) is 16.7 Å². The molecule has 2 aliphatic heterocycles. The third-order valence-corrected chi connectivity index (χ3v) is 5.80. The fourth-order valence-corrected chi connectivity index (χ4v) is 4.73. The molecule has 5 heteroatoms. The lowest BCUT2D eigenvalue weighted by atomic mass is 10.0. The molecule has 5 nitrogen and oxygen atoms in total. The van der Waals surface area contributed by atoms with E-state index >= 15 is 0 Å². The van der Waals surface area contributed by atoms with Crippen LogP contribution in [0.2, 0.25) is 0 Å². The fraction of sp³-hybridized carbons (Fsp3) is 0.231. The van der Waals surface area contributed by atoms with Crippen LogP contribution < -0.4 is 14.5 Å². The number of anilines is 2. The first-order valence-corrected chi connectivity index (χ1v) is 10.5. The van der Waals surface area contributed by atoms with Crippen molar-refractivity contribution < 1.29 is 14.3 Å². The molecular formula is C26H26N2O3. The van der Waals surface area contributed by atoms with Gasteiger partial charge >= 0.3 is 0 Å². The summed E-state index contributed by atoms with van der Waals surface area (Å²) >= 11 is 0. The second kappa shape index (κ2) is 7.06. The number of nitrogens with zero attached hydrogens (tertiary/aromatic N) is 2. The second-order valence-electron chi connectivity index (χ2n) is 8.39. The first-order valence-electron chi connectivity index (χ1n) is 10.5. The van der Waals surface area contributed by atoms with E-state index in [2.05, 4.69) is 75.0 Å². The third-order valence-electron chi connectivity index (χ3n) is 5.80. The van der Waals surface area contributed by atoms with Crippen LogP contribution in [0.3, 0.4) is 0 Å². The first kappa shape index (κ1) is 19.5. The van der Waals surface area contributed by atoms with E-state index in [4.69, 9.17) is 9.15 Å². The number of furan rings is 1. The van der Waals surface area contributed by atoms with Crippen molar-refractivity contribution in [3.63, 3.8) is 0 Å². The lowest BCUT2D eigenvalue weighted by Crippen LogP contribution is -2.30. The van der Waals surface area contributed by atoms with Crippen LogP contribution in [0.25, 0.3) is 5.76 Å². The Morgan fingerprint density at radius 1 is 0.774 bits per heavy atom. The van der Waals surface area contributed by atoms with Gasteiger partial charge in [-0.25, -0.2) is 0 Å². The van der Waals surface area contributed by atoms with Crippen molar-refractivity contribution in [2.24, 2.45) is 0 Å². The van der Waals surface area contributed by atoms with Gasteiger partial charge < -0.3 is 14.3 Å². The predicted octanol–water partition coefficient (Wildman–Crippen LogP) is 5.83. The molecule has 31 heavy (non-hydrogen) atoms. The van der Waals surface area contributed by atoms with Gasteiger partial charge in [0.05, 0.1) is 11.4 Å². The molecule has 0 amide bonds. The van der Waals surface area contributed by atoms with E-state index < -0.39 is 0 Å². The average molecular weight is 415 g/mol. The third kappa shape index (κ3) is 3.04. The highest BCUT2D eigenvalue weighted by Crippen LogP contribution is 2.48. The Labute approximate surface area is 182 Å². The lowest BCUT2D eigenvalue weighted by Gasteiger charge is -2.34. The molecule has 1 aromatic heterocycles. The Balaban J connectivity index is 1.75. The van der Waals surface area contributed by atoms with Crippen molar-refractivity contribution in [3.05, 3.63) is 94.0 Å². The van der Waals surface area contributed by atoms with Gasteiger partial charge in [0, 0.05) is 12.4 Å². The number of benzene rings is 2. The van der Waals surface area contributed by atoms with E-state index in [1.807, 2.05) is 12.1 Å². The van der Waals surface area contributed by atoms with Gasteiger partial charge in [0.25, 0.3) is 0 Å². The zero-order valence-corrected chi connectivity index (χ0v) is 18.5. The molecule has 2 aromatic carbocycles. The zero-order valence-electron chi connectivity index (χ0n) is 18.5. The highest BCUT2D eigenvalue weighted by Gasteiger charge is 2.37. The number of hydrogen-bond acceptors (Lipinski definition) is 5. The van der Waals surface area contributed by atoms with Crippen LogP contribution in [-0.4, -0.2) is 5.11 Å². The van der Waals surface area contributed by atoms with Gasteiger partial charge in [-0.05, 0) is 75.1 Å². The maximum Gasteiger partial charge on any atom is 0.211 e. The van der Waals surface area contributed by atoms with Crippen LogP contribution in [0, 0.1) is 34.6 Å². The quantitative estimate of drug-likeness (QED) is 0.584. The van der Waals surface area contributed by atoms with Crippen molar-refractivity contribution >= 4 is 17.1 Å². The molecule has 0 saturated carbocycles. The van der Waals surface area contributed by atoms with E-state index in [0.29, 0.717) is 17.3 Å². The molecule has 158 valence electrons. The van der Waals surface area contributed by atoms with Gasteiger partial charge in [0.1, 0.15) is 12.4 Å². The maximum atomic E-state index is 9.51. The van der Waals surface area contributed by atoms with Crippen LogP contribution in [0.5, 0.6) is 5.75 Å². The van der Waals surface area contributed by atoms with Crippen molar-refractivity contribution in [1.29, 1.82) is 0 Å². The summed E-state index contributed by atoms with van der Waals surface area (Å²) in [6.07, 6.45) is 4.15. The number of aryl methyl sites for hydroxylation is 5. The van der Waals surface area contributed by atoms with Crippen LogP contribution in [0.15, 0.2) is 59.0 Å². The fourth-order valence-electron chi connectivity index (χ4n) is 4.73. The summed E-state index contributed by atoms with van der Waals surface area (Å²) < 4.78 is 12.4. The van der Waals surface area contributed by atoms with Crippen molar-refractivity contribution in [2.75, 3.05) is 9.80 Å². The molecule has 2 aliphatic rings. The van der Waals surface area contributed by atoms with Gasteiger partial charge in [0.15, 0.2) is 17.3 Å². The van der Waals surface area contributed by atoms with Gasteiger partial charge in [-0.3, -0.25) is 9.80 Å². The van der Waals surface area contributed by atoms with E-state index in [-0.39, 0.29) is 6.61 Å². The molecule has 0 radical (unpaired) electrons. The molecule has 0 spiro atoms. The van der Waals surface area contributed by atoms with Crippen LogP contribution in [-0.2, 0) is 6.61 Å². The molecule has 5 rings (SSSR count). The minimum atomic E-state index is -0.153. The number of rotatable bonds is 3. The number of hydrogen-bond donors (Lipinski definition) is 1. The molecule has 3 heterocycles. The molecule has 0 saturated heterocycles. The Morgan fingerprint density at radius 3 is 1.97 bits per heavy atom. The summed E-state index contributed by atoms with van der Waals surface area (Å²) in [7, 11) is 0. The van der Waals surface area contributed by atoms with Gasteiger partial charge in [-0.2, -0.15) is 0 Å². The van der Waals surface area contributed by atoms with Gasteiger partial charge in [-0.1, -0.05) is 23.8 Å². The molecule has 0 unspecified atom stereocenters. The minimum absolute atomic E-state index is 0.153. The van der Waals surface area contributed by atoms with Gasteiger partial charge in [-0.15, -0.1) is 0 Å². The Morgan fingerprint density at radius 2 is 1.35 bits per heavy atom. The largest absolute Gasteiger partial charge is 0.455 e. The summed E-state index contributed by atoms with van der Waals surface area (Å²) in [6, 6.07) is 12.2.